The molecule has 33 heavy (non-hydrogen) atoms. The number of hydrogen-bond acceptors (Lipinski definition) is 4. The van der Waals surface area contributed by atoms with Crippen molar-refractivity contribution >= 4 is 39.3 Å². The van der Waals surface area contributed by atoms with Crippen molar-refractivity contribution in [3.8, 4) is 0 Å². The average molecular weight is 499 g/mol. The molecule has 0 aliphatic rings. The molecule has 2 aromatic rings. The van der Waals surface area contributed by atoms with E-state index in [1.54, 1.807) is 38.1 Å². The van der Waals surface area contributed by atoms with Crippen LogP contribution in [0.4, 0.5) is 10.1 Å². The number of nitrogens with zero attached hydrogens (tertiary/aromatic N) is 3. The molecule has 0 aromatic heterocycles. The van der Waals surface area contributed by atoms with Crippen LogP contribution in [0.5, 0.6) is 0 Å². The minimum absolute atomic E-state index is 0.00389. The molecule has 0 saturated heterocycles. The summed E-state index contributed by atoms with van der Waals surface area (Å²) in [4.78, 5) is 27.2. The quantitative estimate of drug-likeness (QED) is 0.545. The fourth-order valence-corrected chi connectivity index (χ4v) is 4.29. The van der Waals surface area contributed by atoms with Gasteiger partial charge in [0.15, 0.2) is 0 Å². The number of carbonyl (C=O) groups excluding carboxylic acids is 2. The largest absolute Gasteiger partial charge is 0.355 e. The molecule has 0 heterocycles. The van der Waals surface area contributed by atoms with Crippen LogP contribution in [0.25, 0.3) is 0 Å². The lowest BCUT2D eigenvalue weighted by Crippen LogP contribution is -2.52. The Labute approximate surface area is 199 Å². The number of amides is 2. The first kappa shape index (κ1) is 26.6. The second-order valence-corrected chi connectivity index (χ2v) is 9.93. The SMILES string of the molecule is CCNC(=O)[C@H](C)N(Cc1ccccc1Cl)C(=O)CN(c1ccc(F)cc1)S(=O)(=O)N(C)C. The molecule has 0 saturated carbocycles. The zero-order chi connectivity index (χ0) is 24.8. The molecule has 0 radical (unpaired) electrons. The fraction of sp³-hybridized carbons (Fsp3) is 0.364. The molecular formula is C22H28ClFN4O4S. The van der Waals surface area contributed by atoms with Gasteiger partial charge in [-0.1, -0.05) is 29.8 Å². The Morgan fingerprint density at radius 1 is 1.09 bits per heavy atom. The van der Waals surface area contributed by atoms with Crippen molar-refractivity contribution in [1.82, 2.24) is 14.5 Å². The lowest BCUT2D eigenvalue weighted by molar-refractivity contribution is -0.139. The molecule has 8 nitrogen and oxygen atoms in total. The average Bonchev–Trinajstić information content (AvgIpc) is 2.77. The number of rotatable bonds is 10. The molecule has 0 fully saturated rings. The number of anilines is 1. The molecule has 2 amide bonds. The predicted octanol–water partition coefficient (Wildman–Crippen LogP) is 2.65. The van der Waals surface area contributed by atoms with Crippen LogP contribution in [0.2, 0.25) is 5.02 Å². The van der Waals surface area contributed by atoms with Gasteiger partial charge < -0.3 is 10.2 Å². The van der Waals surface area contributed by atoms with Crippen molar-refractivity contribution in [2.45, 2.75) is 26.4 Å². The normalized spacial score (nSPS) is 12.3. The van der Waals surface area contributed by atoms with Gasteiger partial charge in [0.1, 0.15) is 18.4 Å². The number of halogens is 2. The second kappa shape index (κ2) is 11.4. The first-order valence-electron chi connectivity index (χ1n) is 10.2. The van der Waals surface area contributed by atoms with Gasteiger partial charge in [0.2, 0.25) is 11.8 Å². The smallest absolute Gasteiger partial charge is 0.304 e. The maximum Gasteiger partial charge on any atom is 0.304 e. The zero-order valence-corrected chi connectivity index (χ0v) is 20.5. The van der Waals surface area contributed by atoms with E-state index in [0.717, 1.165) is 20.7 Å². The first-order chi connectivity index (χ1) is 15.5. The number of carbonyl (C=O) groups is 2. The summed E-state index contributed by atoms with van der Waals surface area (Å²) in [5.41, 5.74) is 0.717. The molecule has 2 rings (SSSR count). The van der Waals surface area contributed by atoms with Gasteiger partial charge in [-0.15, -0.1) is 0 Å². The third kappa shape index (κ3) is 6.66. The van der Waals surface area contributed by atoms with Crippen molar-refractivity contribution in [2.24, 2.45) is 0 Å². The topological polar surface area (TPSA) is 90.0 Å². The molecule has 1 atom stereocenters. The van der Waals surface area contributed by atoms with Crippen LogP contribution >= 0.6 is 11.6 Å². The lowest BCUT2D eigenvalue weighted by atomic mass is 10.1. The van der Waals surface area contributed by atoms with Crippen molar-refractivity contribution in [3.63, 3.8) is 0 Å². The highest BCUT2D eigenvalue weighted by Gasteiger charge is 2.32. The minimum Gasteiger partial charge on any atom is -0.355 e. The van der Waals surface area contributed by atoms with E-state index in [9.17, 15) is 22.4 Å². The van der Waals surface area contributed by atoms with Gasteiger partial charge in [0, 0.05) is 32.2 Å². The number of likely N-dealkylation sites (N-methyl/N-ethyl adjacent to an activating group) is 1. The summed E-state index contributed by atoms with van der Waals surface area (Å²) in [6.07, 6.45) is 0. The van der Waals surface area contributed by atoms with Crippen molar-refractivity contribution < 1.29 is 22.4 Å². The Kier molecular flexibility index (Phi) is 9.21. The summed E-state index contributed by atoms with van der Waals surface area (Å²) in [5, 5.41) is 3.08. The van der Waals surface area contributed by atoms with Crippen LogP contribution in [0.3, 0.4) is 0 Å². The fourth-order valence-electron chi connectivity index (χ4n) is 3.04. The van der Waals surface area contributed by atoms with Crippen LogP contribution in [0.1, 0.15) is 19.4 Å². The van der Waals surface area contributed by atoms with Crippen molar-refractivity contribution in [1.29, 1.82) is 0 Å². The monoisotopic (exact) mass is 498 g/mol. The third-order valence-electron chi connectivity index (χ3n) is 4.95. The molecule has 180 valence electrons. The summed E-state index contributed by atoms with van der Waals surface area (Å²) in [6.45, 7) is 3.08. The van der Waals surface area contributed by atoms with Gasteiger partial charge in [0.25, 0.3) is 0 Å². The van der Waals surface area contributed by atoms with Gasteiger partial charge in [-0.2, -0.15) is 12.7 Å². The maximum absolute atomic E-state index is 13.4. The van der Waals surface area contributed by atoms with E-state index in [1.807, 2.05) is 0 Å². The molecule has 0 spiro atoms. The van der Waals surface area contributed by atoms with Crippen LogP contribution in [-0.2, 0) is 26.3 Å². The van der Waals surface area contributed by atoms with E-state index in [2.05, 4.69) is 5.32 Å². The number of nitrogens with one attached hydrogen (secondary N) is 1. The Hall–Kier alpha value is -2.69. The number of hydrogen-bond donors (Lipinski definition) is 1. The van der Waals surface area contributed by atoms with E-state index in [-0.39, 0.29) is 18.1 Å². The summed E-state index contributed by atoms with van der Waals surface area (Å²) in [6, 6.07) is 10.7. The highest BCUT2D eigenvalue weighted by Crippen LogP contribution is 2.22. The highest BCUT2D eigenvalue weighted by molar-refractivity contribution is 7.90. The lowest BCUT2D eigenvalue weighted by Gasteiger charge is -2.33. The van der Waals surface area contributed by atoms with Gasteiger partial charge >= 0.3 is 10.2 Å². The molecular weight excluding hydrogens is 471 g/mol. The van der Waals surface area contributed by atoms with Crippen LogP contribution < -0.4 is 9.62 Å². The zero-order valence-electron chi connectivity index (χ0n) is 19.0. The Morgan fingerprint density at radius 3 is 2.24 bits per heavy atom. The van der Waals surface area contributed by atoms with Crippen LogP contribution in [0.15, 0.2) is 48.5 Å². The predicted molar refractivity (Wildman–Crippen MR) is 127 cm³/mol. The Bertz CT molecular complexity index is 1080. The van der Waals surface area contributed by atoms with Gasteiger partial charge in [-0.3, -0.25) is 9.59 Å². The molecule has 1 N–H and O–H groups in total. The molecule has 0 unspecified atom stereocenters. The standard InChI is InChI=1S/C22H28ClFN4O4S/c1-5-25-22(30)16(2)27(14-17-8-6-7-9-20(17)23)21(29)15-28(33(31,32)26(3)4)19-12-10-18(24)11-13-19/h6-13,16H,5,14-15H2,1-4H3,(H,25,30)/t16-/m0/s1. The van der Waals surface area contributed by atoms with E-state index < -0.39 is 34.5 Å². The Balaban J connectivity index is 2.45. The maximum atomic E-state index is 13.4. The molecule has 0 aliphatic carbocycles. The molecule has 0 bridgehead atoms. The number of benzene rings is 2. The van der Waals surface area contributed by atoms with Crippen molar-refractivity contribution in [3.05, 3.63) is 64.9 Å². The molecule has 2 aromatic carbocycles. The van der Waals surface area contributed by atoms with Crippen molar-refractivity contribution in [2.75, 3.05) is 31.5 Å². The molecule has 0 aliphatic heterocycles. The van der Waals surface area contributed by atoms with E-state index >= 15 is 0 Å². The Morgan fingerprint density at radius 2 is 1.70 bits per heavy atom. The van der Waals surface area contributed by atoms with Crippen LogP contribution in [0, 0.1) is 5.82 Å². The van der Waals surface area contributed by atoms with E-state index in [4.69, 9.17) is 11.6 Å². The summed E-state index contributed by atoms with van der Waals surface area (Å²) >= 11 is 6.26. The highest BCUT2D eigenvalue weighted by atomic mass is 35.5. The third-order valence-corrected chi connectivity index (χ3v) is 7.14. The van der Waals surface area contributed by atoms with Gasteiger partial charge in [0.05, 0.1) is 5.69 Å². The van der Waals surface area contributed by atoms with Gasteiger partial charge in [-0.25, -0.2) is 8.70 Å². The molecule has 11 heteroatoms. The summed E-state index contributed by atoms with van der Waals surface area (Å²) in [7, 11) is -1.44. The summed E-state index contributed by atoms with van der Waals surface area (Å²) in [5.74, 6) is -1.55. The van der Waals surface area contributed by atoms with E-state index in [0.29, 0.717) is 17.1 Å². The minimum atomic E-state index is -4.10. The summed E-state index contributed by atoms with van der Waals surface area (Å²) < 4.78 is 41.2. The van der Waals surface area contributed by atoms with Crippen LogP contribution in [-0.4, -0.2) is 62.7 Å². The second-order valence-electron chi connectivity index (χ2n) is 7.46. The first-order valence-corrected chi connectivity index (χ1v) is 12.0. The van der Waals surface area contributed by atoms with E-state index in [1.165, 1.54) is 31.1 Å². The van der Waals surface area contributed by atoms with Gasteiger partial charge in [-0.05, 0) is 49.7 Å².